The summed E-state index contributed by atoms with van der Waals surface area (Å²) in [6, 6.07) is 0.858. The molecule has 0 aromatic heterocycles. The number of nitrogens with zero attached hydrogens (tertiary/aromatic N) is 1. The Bertz CT molecular complexity index is 273. The average Bonchev–Trinajstić information content (AvgIpc) is 2.74. The van der Waals surface area contributed by atoms with Crippen LogP contribution < -0.4 is 0 Å². The Hall–Kier alpha value is -0.560. The molecule has 1 heterocycles. The van der Waals surface area contributed by atoms with E-state index >= 15 is 0 Å². The highest BCUT2D eigenvalue weighted by atomic mass is 15.2. The third-order valence-corrected chi connectivity index (χ3v) is 4.40. The van der Waals surface area contributed by atoms with Crippen LogP contribution >= 0.6 is 0 Å². The van der Waals surface area contributed by atoms with Crippen molar-refractivity contribution in [3.63, 3.8) is 0 Å². The first-order valence-corrected chi connectivity index (χ1v) is 6.54. The predicted octanol–water partition coefficient (Wildman–Crippen LogP) is 2.99. The van der Waals surface area contributed by atoms with Crippen molar-refractivity contribution in [2.24, 2.45) is 11.8 Å². The van der Waals surface area contributed by atoms with Crippen LogP contribution in [0.25, 0.3) is 0 Å². The second kappa shape index (κ2) is 4.13. The summed E-state index contributed by atoms with van der Waals surface area (Å²) < 4.78 is 0. The Morgan fingerprint density at radius 1 is 0.867 bits per heavy atom. The van der Waals surface area contributed by atoms with E-state index < -0.39 is 0 Å². The van der Waals surface area contributed by atoms with Gasteiger partial charge in [0.1, 0.15) is 0 Å². The van der Waals surface area contributed by atoms with E-state index in [0.717, 1.165) is 17.9 Å². The minimum absolute atomic E-state index is 0.827. The van der Waals surface area contributed by atoms with Gasteiger partial charge >= 0.3 is 0 Å². The van der Waals surface area contributed by atoms with E-state index in [1.165, 1.54) is 45.2 Å². The first-order valence-electron chi connectivity index (χ1n) is 6.54. The summed E-state index contributed by atoms with van der Waals surface area (Å²) in [6.45, 7) is 2.71. The normalized spacial score (nSPS) is 40.7. The van der Waals surface area contributed by atoms with Gasteiger partial charge in [-0.1, -0.05) is 30.7 Å². The molecule has 0 amide bonds. The molecule has 15 heavy (non-hydrogen) atoms. The fourth-order valence-electron chi connectivity index (χ4n) is 3.60. The molecule has 0 spiro atoms. The summed E-state index contributed by atoms with van der Waals surface area (Å²) in [4.78, 5) is 2.76. The SMILES string of the molecule is C1=CC2CCC(N3CCCCC3)C2C=C1. The second-order valence-electron chi connectivity index (χ2n) is 5.25. The van der Waals surface area contributed by atoms with E-state index in [1.54, 1.807) is 0 Å². The lowest BCUT2D eigenvalue weighted by Crippen LogP contribution is -2.41. The van der Waals surface area contributed by atoms with Crippen molar-refractivity contribution in [3.8, 4) is 0 Å². The molecule has 0 aromatic rings. The summed E-state index contributed by atoms with van der Waals surface area (Å²) >= 11 is 0. The minimum Gasteiger partial charge on any atom is -0.300 e. The van der Waals surface area contributed by atoms with Gasteiger partial charge in [0, 0.05) is 6.04 Å². The highest BCUT2D eigenvalue weighted by Crippen LogP contribution is 2.39. The zero-order chi connectivity index (χ0) is 10.1. The third-order valence-electron chi connectivity index (χ3n) is 4.40. The molecular weight excluding hydrogens is 182 g/mol. The van der Waals surface area contributed by atoms with Crippen LogP contribution in [-0.4, -0.2) is 24.0 Å². The minimum atomic E-state index is 0.827. The number of hydrogen-bond donors (Lipinski definition) is 0. The van der Waals surface area contributed by atoms with Crippen LogP contribution in [-0.2, 0) is 0 Å². The van der Waals surface area contributed by atoms with E-state index in [9.17, 15) is 0 Å². The first-order chi connectivity index (χ1) is 7.45. The first kappa shape index (κ1) is 9.65. The Balaban J connectivity index is 1.71. The number of rotatable bonds is 1. The van der Waals surface area contributed by atoms with Gasteiger partial charge in [0.15, 0.2) is 0 Å². The Labute approximate surface area is 92.8 Å². The van der Waals surface area contributed by atoms with Crippen LogP contribution in [0.3, 0.4) is 0 Å². The number of allylic oxidation sites excluding steroid dienone is 3. The van der Waals surface area contributed by atoms with Crippen molar-refractivity contribution < 1.29 is 0 Å². The van der Waals surface area contributed by atoms with Crippen molar-refractivity contribution in [2.45, 2.75) is 38.1 Å². The summed E-state index contributed by atoms with van der Waals surface area (Å²) in [5.74, 6) is 1.68. The summed E-state index contributed by atoms with van der Waals surface area (Å²) in [5.41, 5.74) is 0. The van der Waals surface area contributed by atoms with Crippen molar-refractivity contribution >= 4 is 0 Å². The van der Waals surface area contributed by atoms with E-state index in [0.29, 0.717) is 0 Å². The molecule has 0 N–H and O–H groups in total. The lowest BCUT2D eigenvalue weighted by Gasteiger charge is -2.36. The third kappa shape index (κ3) is 1.78. The summed E-state index contributed by atoms with van der Waals surface area (Å²) in [7, 11) is 0. The molecule has 1 nitrogen and oxygen atoms in total. The van der Waals surface area contributed by atoms with Gasteiger partial charge in [0.05, 0.1) is 0 Å². The fourth-order valence-corrected chi connectivity index (χ4v) is 3.60. The molecule has 3 unspecified atom stereocenters. The molecule has 1 heteroatoms. The smallest absolute Gasteiger partial charge is 0.0164 e. The van der Waals surface area contributed by atoms with Crippen LogP contribution in [0, 0.1) is 11.8 Å². The molecule has 2 aliphatic carbocycles. The lowest BCUT2D eigenvalue weighted by molar-refractivity contribution is 0.142. The van der Waals surface area contributed by atoms with Crippen molar-refractivity contribution in [1.29, 1.82) is 0 Å². The Morgan fingerprint density at radius 2 is 1.67 bits per heavy atom. The van der Waals surface area contributed by atoms with Crippen LogP contribution in [0.4, 0.5) is 0 Å². The molecule has 3 atom stereocenters. The molecule has 2 fully saturated rings. The Morgan fingerprint density at radius 3 is 2.53 bits per heavy atom. The zero-order valence-corrected chi connectivity index (χ0v) is 9.44. The molecule has 1 aliphatic heterocycles. The highest BCUT2D eigenvalue weighted by molar-refractivity contribution is 5.18. The van der Waals surface area contributed by atoms with E-state index in [4.69, 9.17) is 0 Å². The maximum Gasteiger partial charge on any atom is 0.0164 e. The van der Waals surface area contributed by atoms with E-state index in [2.05, 4.69) is 29.2 Å². The Kier molecular flexibility index (Phi) is 2.66. The van der Waals surface area contributed by atoms with Gasteiger partial charge in [0.25, 0.3) is 0 Å². The second-order valence-corrected chi connectivity index (χ2v) is 5.25. The van der Waals surface area contributed by atoms with Gasteiger partial charge in [-0.25, -0.2) is 0 Å². The lowest BCUT2D eigenvalue weighted by atomic mass is 9.88. The van der Waals surface area contributed by atoms with Gasteiger partial charge in [0.2, 0.25) is 0 Å². The number of piperidine rings is 1. The topological polar surface area (TPSA) is 3.24 Å². The monoisotopic (exact) mass is 203 g/mol. The zero-order valence-electron chi connectivity index (χ0n) is 9.44. The van der Waals surface area contributed by atoms with Crippen LogP contribution in [0.5, 0.6) is 0 Å². The van der Waals surface area contributed by atoms with E-state index in [-0.39, 0.29) is 0 Å². The summed E-state index contributed by atoms with van der Waals surface area (Å²) in [6.07, 6.45) is 16.5. The van der Waals surface area contributed by atoms with Crippen molar-refractivity contribution in [2.75, 3.05) is 13.1 Å². The largest absolute Gasteiger partial charge is 0.300 e. The van der Waals surface area contributed by atoms with Gasteiger partial charge < -0.3 is 0 Å². The standard InChI is InChI=1S/C14H21N/c1-4-10-15(11-5-1)14-9-8-12-6-2-3-7-13(12)14/h2-3,6-7,12-14H,1,4-5,8-11H2. The molecule has 1 saturated carbocycles. The molecule has 3 aliphatic rings. The van der Waals surface area contributed by atoms with Crippen molar-refractivity contribution in [1.82, 2.24) is 4.90 Å². The van der Waals surface area contributed by atoms with Gasteiger partial charge in [-0.15, -0.1) is 0 Å². The summed E-state index contributed by atoms with van der Waals surface area (Å²) in [5, 5.41) is 0. The maximum atomic E-state index is 2.76. The average molecular weight is 203 g/mol. The molecule has 3 rings (SSSR count). The predicted molar refractivity (Wildman–Crippen MR) is 63.7 cm³/mol. The highest BCUT2D eigenvalue weighted by Gasteiger charge is 2.37. The maximum absolute atomic E-state index is 2.76. The van der Waals surface area contributed by atoms with Crippen LogP contribution in [0.1, 0.15) is 32.1 Å². The molecule has 0 aromatic carbocycles. The quantitative estimate of drug-likeness (QED) is 0.633. The number of likely N-dealkylation sites (tertiary alicyclic amines) is 1. The molecule has 0 radical (unpaired) electrons. The number of hydrogen-bond acceptors (Lipinski definition) is 1. The van der Waals surface area contributed by atoms with Crippen molar-refractivity contribution in [3.05, 3.63) is 24.3 Å². The number of fused-ring (bicyclic) bond motifs is 1. The van der Waals surface area contributed by atoms with E-state index in [1.807, 2.05) is 0 Å². The van der Waals surface area contributed by atoms with Crippen LogP contribution in [0.2, 0.25) is 0 Å². The molecule has 1 saturated heterocycles. The molecule has 0 bridgehead atoms. The molecule has 82 valence electrons. The van der Waals surface area contributed by atoms with Gasteiger partial charge in [-0.05, 0) is 50.6 Å². The fraction of sp³-hybridized carbons (Fsp3) is 0.714. The molecular formula is C14H21N. The van der Waals surface area contributed by atoms with Gasteiger partial charge in [-0.2, -0.15) is 0 Å². The van der Waals surface area contributed by atoms with Crippen LogP contribution in [0.15, 0.2) is 24.3 Å². The van der Waals surface area contributed by atoms with Gasteiger partial charge in [-0.3, -0.25) is 4.90 Å².